The van der Waals surface area contributed by atoms with Gasteiger partial charge in [-0.1, -0.05) is 18.2 Å². The first-order chi connectivity index (χ1) is 16.7. The summed E-state index contributed by atoms with van der Waals surface area (Å²) in [6.07, 6.45) is 3.37. The number of urea groups is 1. The van der Waals surface area contributed by atoms with E-state index in [-0.39, 0.29) is 18.1 Å². The number of benzene rings is 1. The second-order valence-corrected chi connectivity index (χ2v) is 10.2. The lowest BCUT2D eigenvalue weighted by atomic mass is 10.2. The monoisotopic (exact) mass is 472 g/mol. The number of H-pyrrole nitrogens is 1. The highest BCUT2D eigenvalue weighted by Gasteiger charge is 2.46. The van der Waals surface area contributed by atoms with Crippen molar-refractivity contribution in [2.45, 2.75) is 37.3 Å². The number of nitrogens with one attached hydrogen (secondary N) is 3. The van der Waals surface area contributed by atoms with Gasteiger partial charge in [0.2, 0.25) is 5.95 Å². The van der Waals surface area contributed by atoms with Crippen LogP contribution in [-0.4, -0.2) is 56.3 Å². The Labute approximate surface area is 200 Å². The van der Waals surface area contributed by atoms with Gasteiger partial charge in [0.15, 0.2) is 5.82 Å². The van der Waals surface area contributed by atoms with Crippen LogP contribution < -0.4 is 15.5 Å². The average Bonchev–Trinajstić information content (AvgIpc) is 3.24. The van der Waals surface area contributed by atoms with Crippen molar-refractivity contribution in [3.63, 3.8) is 0 Å². The van der Waals surface area contributed by atoms with Crippen LogP contribution in [0, 0.1) is 0 Å². The molecular formula is C24H24N8OS. The number of nitrogens with zero attached hydrogens (tertiary/aromatic N) is 5. The van der Waals surface area contributed by atoms with Crippen molar-refractivity contribution in [1.29, 1.82) is 0 Å². The molecule has 172 valence electrons. The van der Waals surface area contributed by atoms with Crippen LogP contribution in [0.5, 0.6) is 0 Å². The Balaban J connectivity index is 1.11. The van der Waals surface area contributed by atoms with E-state index in [9.17, 15) is 4.79 Å². The number of hydrogen-bond acceptors (Lipinski definition) is 7. The summed E-state index contributed by atoms with van der Waals surface area (Å²) in [7, 11) is 0. The molecule has 9 nitrogen and oxygen atoms in total. The van der Waals surface area contributed by atoms with Crippen LogP contribution >= 0.6 is 11.3 Å². The van der Waals surface area contributed by atoms with E-state index in [1.807, 2.05) is 46.7 Å². The van der Waals surface area contributed by atoms with E-state index in [0.29, 0.717) is 18.4 Å². The maximum atomic E-state index is 12.8. The fraction of sp³-hybridized carbons (Fsp3) is 0.333. The molecule has 7 rings (SSSR count). The highest BCUT2D eigenvalue weighted by Crippen LogP contribution is 2.40. The van der Waals surface area contributed by atoms with E-state index < -0.39 is 0 Å². The van der Waals surface area contributed by atoms with Gasteiger partial charge in [-0.25, -0.2) is 9.78 Å². The maximum absolute atomic E-state index is 12.8. The zero-order valence-corrected chi connectivity index (χ0v) is 19.3. The Morgan fingerprint density at radius 3 is 2.76 bits per heavy atom. The molecule has 34 heavy (non-hydrogen) atoms. The predicted octanol–water partition coefficient (Wildman–Crippen LogP) is 4.53. The van der Waals surface area contributed by atoms with Gasteiger partial charge in [-0.05, 0) is 42.8 Å². The molecule has 0 radical (unpaired) electrons. The van der Waals surface area contributed by atoms with Gasteiger partial charge in [0.05, 0.1) is 28.0 Å². The summed E-state index contributed by atoms with van der Waals surface area (Å²) in [5, 5.41) is 16.0. The third-order valence-corrected chi connectivity index (χ3v) is 7.83. The Morgan fingerprint density at radius 2 is 1.97 bits per heavy atom. The third kappa shape index (κ3) is 3.45. The lowest BCUT2D eigenvalue weighted by Gasteiger charge is -2.34. The standard InChI is InChI=1S/C24H24N8OS/c33-24(25-15-4-2-1-3-5-15)32-13-16-10-17(32)12-31(16)23-26-18-8-9-34-21(18)22(28-23)27-20-11-19(29-30-20)14-6-7-14/h1-5,8-9,11,14,16-17H,6-7,10,12-13H2,(H,25,33)(H2,26,27,28,29,30). The van der Waals surface area contributed by atoms with Crippen LogP contribution in [0.15, 0.2) is 47.8 Å². The van der Waals surface area contributed by atoms with Crippen LogP contribution in [0.25, 0.3) is 10.2 Å². The summed E-state index contributed by atoms with van der Waals surface area (Å²) >= 11 is 1.63. The number of fused-ring (bicyclic) bond motifs is 3. The minimum Gasteiger partial charge on any atom is -0.334 e. The summed E-state index contributed by atoms with van der Waals surface area (Å²) in [6, 6.07) is 14.0. The zero-order chi connectivity index (χ0) is 22.6. The number of para-hydroxylation sites is 1. The van der Waals surface area contributed by atoms with E-state index in [0.717, 1.165) is 46.2 Å². The molecule has 2 atom stereocenters. The normalized spacial score (nSPS) is 21.4. The Morgan fingerprint density at radius 1 is 1.09 bits per heavy atom. The van der Waals surface area contributed by atoms with Crippen LogP contribution in [-0.2, 0) is 0 Å². The highest BCUT2D eigenvalue weighted by molar-refractivity contribution is 7.17. The zero-order valence-electron chi connectivity index (χ0n) is 18.4. The van der Waals surface area contributed by atoms with Crippen molar-refractivity contribution >= 4 is 50.9 Å². The molecule has 5 heterocycles. The summed E-state index contributed by atoms with van der Waals surface area (Å²) in [6.45, 7) is 1.40. The first kappa shape index (κ1) is 19.8. The number of aromatic amines is 1. The summed E-state index contributed by atoms with van der Waals surface area (Å²) in [5.41, 5.74) is 2.86. The summed E-state index contributed by atoms with van der Waals surface area (Å²) in [5.74, 6) is 2.96. The number of anilines is 4. The number of aromatic nitrogens is 4. The third-order valence-electron chi connectivity index (χ3n) is 6.92. The van der Waals surface area contributed by atoms with Gasteiger partial charge < -0.3 is 20.4 Å². The number of carbonyl (C=O) groups excluding carboxylic acids is 1. The van der Waals surface area contributed by atoms with Crippen molar-refractivity contribution in [2.75, 3.05) is 28.6 Å². The summed E-state index contributed by atoms with van der Waals surface area (Å²) < 4.78 is 1.03. The van der Waals surface area contributed by atoms with Crippen molar-refractivity contribution in [2.24, 2.45) is 0 Å². The van der Waals surface area contributed by atoms with E-state index in [1.165, 1.54) is 12.8 Å². The van der Waals surface area contributed by atoms with Crippen LogP contribution in [0.1, 0.15) is 30.9 Å². The maximum Gasteiger partial charge on any atom is 0.322 e. The molecule has 2 unspecified atom stereocenters. The lowest BCUT2D eigenvalue weighted by molar-refractivity contribution is 0.202. The Kier molecular flexibility index (Phi) is 4.48. The molecule has 10 heteroatoms. The van der Waals surface area contributed by atoms with Crippen molar-refractivity contribution < 1.29 is 4.79 Å². The second-order valence-electron chi connectivity index (χ2n) is 9.26. The molecule has 2 amide bonds. The number of carbonyl (C=O) groups is 1. The van der Waals surface area contributed by atoms with Crippen molar-refractivity contribution in [3.05, 3.63) is 53.5 Å². The Bertz CT molecular complexity index is 1360. The molecule has 3 aliphatic rings. The number of rotatable bonds is 5. The van der Waals surface area contributed by atoms with E-state index >= 15 is 0 Å². The smallest absolute Gasteiger partial charge is 0.322 e. The molecule has 2 aliphatic heterocycles. The van der Waals surface area contributed by atoms with E-state index in [4.69, 9.17) is 9.97 Å². The molecule has 3 aromatic heterocycles. The van der Waals surface area contributed by atoms with Gasteiger partial charge >= 0.3 is 6.03 Å². The predicted molar refractivity (Wildman–Crippen MR) is 133 cm³/mol. The molecular weight excluding hydrogens is 448 g/mol. The van der Waals surface area contributed by atoms with Crippen molar-refractivity contribution in [3.8, 4) is 0 Å². The first-order valence-electron chi connectivity index (χ1n) is 11.7. The average molecular weight is 473 g/mol. The summed E-state index contributed by atoms with van der Waals surface area (Å²) in [4.78, 5) is 26.8. The SMILES string of the molecule is O=C(Nc1ccccc1)N1CC2CC1CN2c1nc(Nc2cc(C3CC3)n[nH]2)c2sccc2n1. The highest BCUT2D eigenvalue weighted by atomic mass is 32.1. The van der Waals surface area contributed by atoms with Crippen LogP contribution in [0.2, 0.25) is 0 Å². The quantitative estimate of drug-likeness (QED) is 0.394. The lowest BCUT2D eigenvalue weighted by Crippen LogP contribution is -2.50. The van der Waals surface area contributed by atoms with Gasteiger partial charge in [0.25, 0.3) is 0 Å². The topological polar surface area (TPSA) is 102 Å². The fourth-order valence-corrected chi connectivity index (χ4v) is 5.83. The molecule has 1 aliphatic carbocycles. The Hall–Kier alpha value is -3.66. The largest absolute Gasteiger partial charge is 0.334 e. The molecule has 3 N–H and O–H groups in total. The minimum absolute atomic E-state index is 0.0411. The molecule has 1 aromatic carbocycles. The number of amides is 2. The fourth-order valence-electron chi connectivity index (χ4n) is 5.06. The van der Waals surface area contributed by atoms with Gasteiger partial charge in [-0.3, -0.25) is 5.10 Å². The molecule has 0 spiro atoms. The molecule has 2 bridgehead atoms. The van der Waals surface area contributed by atoms with Crippen LogP contribution in [0.4, 0.5) is 28.1 Å². The second kappa shape index (κ2) is 7.69. The number of hydrogen-bond donors (Lipinski definition) is 3. The number of likely N-dealkylation sites (tertiary alicyclic amines) is 1. The number of piperazine rings is 1. The van der Waals surface area contributed by atoms with E-state index in [1.54, 1.807) is 11.3 Å². The van der Waals surface area contributed by atoms with Crippen molar-refractivity contribution in [1.82, 2.24) is 25.1 Å². The molecule has 3 fully saturated rings. The molecule has 4 aromatic rings. The van der Waals surface area contributed by atoms with Gasteiger partial charge in [-0.2, -0.15) is 10.1 Å². The molecule has 2 saturated heterocycles. The first-order valence-corrected chi connectivity index (χ1v) is 12.6. The van der Waals surface area contributed by atoms with E-state index in [2.05, 4.69) is 31.8 Å². The number of thiophene rings is 1. The van der Waals surface area contributed by atoms with Gasteiger partial charge in [0.1, 0.15) is 5.82 Å². The van der Waals surface area contributed by atoms with Gasteiger partial charge in [-0.15, -0.1) is 11.3 Å². The minimum atomic E-state index is -0.0411. The van der Waals surface area contributed by atoms with Gasteiger partial charge in [0, 0.05) is 30.8 Å². The van der Waals surface area contributed by atoms with Crippen LogP contribution in [0.3, 0.4) is 0 Å². The molecule has 1 saturated carbocycles.